The molecule has 1 saturated heterocycles. The number of nitrogens with two attached hydrogens (primary N) is 1. The number of hydrogen-bond donors (Lipinski definition) is 5. The SMILES string of the molecule is N=C(N)c1ccc(NC(=O)C(O)[C@H]2OCCN(c3ccc4c(c3)CC(=O)N4)C2=O)cc1. The predicted octanol–water partition coefficient (Wildman–Crippen LogP) is 0.197. The van der Waals surface area contributed by atoms with Gasteiger partial charge < -0.3 is 31.1 Å². The van der Waals surface area contributed by atoms with E-state index in [9.17, 15) is 19.5 Å². The zero-order valence-corrected chi connectivity index (χ0v) is 16.4. The molecular formula is C21H21N5O5. The Kier molecular flexibility index (Phi) is 5.40. The van der Waals surface area contributed by atoms with Crippen LogP contribution >= 0.6 is 0 Å². The van der Waals surface area contributed by atoms with Gasteiger partial charge in [-0.05, 0) is 48.0 Å². The molecule has 2 aliphatic rings. The number of carbonyl (C=O) groups is 3. The Morgan fingerprint density at radius 3 is 2.71 bits per heavy atom. The van der Waals surface area contributed by atoms with Gasteiger partial charge in [-0.3, -0.25) is 19.8 Å². The van der Waals surface area contributed by atoms with Gasteiger partial charge in [0.2, 0.25) is 5.91 Å². The third kappa shape index (κ3) is 4.11. The first kappa shape index (κ1) is 20.5. The van der Waals surface area contributed by atoms with Crippen LogP contribution in [-0.4, -0.2) is 54.0 Å². The van der Waals surface area contributed by atoms with Crippen LogP contribution in [0.15, 0.2) is 42.5 Å². The average Bonchev–Trinajstić information content (AvgIpc) is 3.13. The first-order valence-electron chi connectivity index (χ1n) is 9.62. The highest BCUT2D eigenvalue weighted by atomic mass is 16.5. The molecule has 0 saturated carbocycles. The third-order valence-electron chi connectivity index (χ3n) is 5.17. The van der Waals surface area contributed by atoms with E-state index in [0.29, 0.717) is 22.6 Å². The number of fused-ring (bicyclic) bond motifs is 1. The number of amidine groups is 1. The van der Waals surface area contributed by atoms with E-state index in [1.807, 2.05) is 0 Å². The van der Waals surface area contributed by atoms with Crippen LogP contribution < -0.4 is 21.3 Å². The van der Waals surface area contributed by atoms with Crippen molar-refractivity contribution in [2.45, 2.75) is 18.6 Å². The summed E-state index contributed by atoms with van der Waals surface area (Å²) in [6.45, 7) is 0.401. The van der Waals surface area contributed by atoms with Crippen molar-refractivity contribution in [2.24, 2.45) is 5.73 Å². The van der Waals surface area contributed by atoms with Gasteiger partial charge in [-0.15, -0.1) is 0 Å². The summed E-state index contributed by atoms with van der Waals surface area (Å²) in [6.07, 6.45) is -2.85. The van der Waals surface area contributed by atoms with E-state index in [0.717, 1.165) is 5.56 Å². The summed E-state index contributed by atoms with van der Waals surface area (Å²) in [6, 6.07) is 11.4. The van der Waals surface area contributed by atoms with Crippen molar-refractivity contribution in [3.8, 4) is 0 Å². The summed E-state index contributed by atoms with van der Waals surface area (Å²) in [5.41, 5.74) is 8.34. The number of ether oxygens (including phenoxy) is 1. The minimum atomic E-state index is -1.72. The lowest BCUT2D eigenvalue weighted by Crippen LogP contribution is -2.55. The Morgan fingerprint density at radius 1 is 1.26 bits per heavy atom. The maximum absolute atomic E-state index is 12.9. The summed E-state index contributed by atoms with van der Waals surface area (Å²) < 4.78 is 5.41. The van der Waals surface area contributed by atoms with Crippen molar-refractivity contribution in [3.63, 3.8) is 0 Å². The molecule has 2 heterocycles. The number of morpholine rings is 1. The minimum Gasteiger partial charge on any atom is -0.384 e. The fourth-order valence-electron chi connectivity index (χ4n) is 3.56. The lowest BCUT2D eigenvalue weighted by molar-refractivity contribution is -0.150. The molecule has 160 valence electrons. The van der Waals surface area contributed by atoms with Gasteiger partial charge in [-0.25, -0.2) is 0 Å². The van der Waals surface area contributed by atoms with Gasteiger partial charge in [-0.2, -0.15) is 0 Å². The highest BCUT2D eigenvalue weighted by Gasteiger charge is 2.39. The average molecular weight is 423 g/mol. The summed E-state index contributed by atoms with van der Waals surface area (Å²) in [4.78, 5) is 38.4. The lowest BCUT2D eigenvalue weighted by Gasteiger charge is -2.34. The van der Waals surface area contributed by atoms with Gasteiger partial charge in [0.1, 0.15) is 5.84 Å². The number of hydrogen-bond acceptors (Lipinski definition) is 6. The van der Waals surface area contributed by atoms with Crippen LogP contribution in [0.5, 0.6) is 0 Å². The number of carbonyl (C=O) groups excluding carboxylic acids is 3. The van der Waals surface area contributed by atoms with Crippen molar-refractivity contribution in [2.75, 3.05) is 28.7 Å². The van der Waals surface area contributed by atoms with E-state index in [1.165, 1.54) is 17.0 Å². The van der Waals surface area contributed by atoms with Crippen LogP contribution in [0.1, 0.15) is 11.1 Å². The Hall–Kier alpha value is -3.76. The van der Waals surface area contributed by atoms with Crippen LogP contribution in [-0.2, 0) is 25.5 Å². The molecule has 6 N–H and O–H groups in total. The lowest BCUT2D eigenvalue weighted by atomic mass is 10.1. The van der Waals surface area contributed by atoms with E-state index >= 15 is 0 Å². The smallest absolute Gasteiger partial charge is 0.259 e. The van der Waals surface area contributed by atoms with Crippen LogP contribution in [0, 0.1) is 5.41 Å². The second kappa shape index (κ2) is 8.17. The van der Waals surface area contributed by atoms with Crippen LogP contribution in [0.4, 0.5) is 17.1 Å². The highest BCUT2D eigenvalue weighted by molar-refractivity contribution is 6.05. The number of aliphatic hydroxyl groups is 1. The van der Waals surface area contributed by atoms with Gasteiger partial charge in [0.25, 0.3) is 11.8 Å². The predicted molar refractivity (Wildman–Crippen MR) is 113 cm³/mol. The minimum absolute atomic E-state index is 0.106. The Bertz CT molecular complexity index is 1070. The number of nitrogens with one attached hydrogen (secondary N) is 3. The number of anilines is 3. The van der Waals surface area contributed by atoms with E-state index in [2.05, 4.69) is 10.6 Å². The summed E-state index contributed by atoms with van der Waals surface area (Å²) in [5, 5.41) is 23.1. The van der Waals surface area contributed by atoms with Gasteiger partial charge in [-0.1, -0.05) is 0 Å². The number of nitrogen functional groups attached to an aromatic ring is 1. The highest BCUT2D eigenvalue weighted by Crippen LogP contribution is 2.29. The summed E-state index contributed by atoms with van der Waals surface area (Å²) in [5.74, 6) is -1.55. The fourth-order valence-corrected chi connectivity index (χ4v) is 3.56. The molecule has 1 fully saturated rings. The Labute approximate surface area is 177 Å². The molecular weight excluding hydrogens is 402 g/mol. The van der Waals surface area contributed by atoms with E-state index in [4.69, 9.17) is 15.9 Å². The van der Waals surface area contributed by atoms with Crippen molar-refractivity contribution < 1.29 is 24.2 Å². The molecule has 0 aromatic heterocycles. The van der Waals surface area contributed by atoms with E-state index < -0.39 is 24.0 Å². The molecule has 3 amide bonds. The number of benzene rings is 2. The molecule has 0 aliphatic carbocycles. The summed E-state index contributed by atoms with van der Waals surface area (Å²) >= 11 is 0. The van der Waals surface area contributed by atoms with Crippen molar-refractivity contribution in [1.82, 2.24) is 0 Å². The molecule has 0 spiro atoms. The third-order valence-corrected chi connectivity index (χ3v) is 5.17. The molecule has 10 heteroatoms. The van der Waals surface area contributed by atoms with Crippen molar-refractivity contribution >= 4 is 40.6 Å². The van der Waals surface area contributed by atoms with Crippen molar-refractivity contribution in [3.05, 3.63) is 53.6 Å². The first-order valence-corrected chi connectivity index (χ1v) is 9.62. The maximum Gasteiger partial charge on any atom is 0.259 e. The molecule has 2 atom stereocenters. The zero-order valence-electron chi connectivity index (χ0n) is 16.4. The zero-order chi connectivity index (χ0) is 22.1. The quantitative estimate of drug-likeness (QED) is 0.341. The fraction of sp³-hybridized carbons (Fsp3) is 0.238. The van der Waals surface area contributed by atoms with Crippen LogP contribution in [0.25, 0.3) is 0 Å². The standard InChI is InChI=1S/C21H21N5O5/c22-19(23)11-1-3-13(4-2-11)24-20(29)17(28)18-21(30)26(7-8-31-18)14-5-6-15-12(9-14)10-16(27)25-15/h1-6,9,17-18,28H,7-8,10H2,(H3,22,23)(H,24,29)(H,25,27)/t17?,18-/m1/s1. The summed E-state index contributed by atoms with van der Waals surface area (Å²) in [7, 11) is 0. The van der Waals surface area contributed by atoms with Gasteiger partial charge in [0.05, 0.1) is 13.0 Å². The second-order valence-electron chi connectivity index (χ2n) is 7.27. The van der Waals surface area contributed by atoms with E-state index in [1.54, 1.807) is 30.3 Å². The Balaban J connectivity index is 1.46. The number of rotatable bonds is 5. The molecule has 0 bridgehead atoms. The first-order chi connectivity index (χ1) is 14.8. The van der Waals surface area contributed by atoms with Gasteiger partial charge in [0, 0.05) is 29.2 Å². The molecule has 10 nitrogen and oxygen atoms in total. The largest absolute Gasteiger partial charge is 0.384 e. The monoisotopic (exact) mass is 423 g/mol. The molecule has 1 unspecified atom stereocenters. The van der Waals surface area contributed by atoms with E-state index in [-0.39, 0.29) is 31.3 Å². The number of aliphatic hydroxyl groups excluding tert-OH is 1. The molecule has 2 aromatic carbocycles. The Morgan fingerprint density at radius 2 is 2.00 bits per heavy atom. The van der Waals surface area contributed by atoms with Crippen molar-refractivity contribution in [1.29, 1.82) is 5.41 Å². The molecule has 31 heavy (non-hydrogen) atoms. The molecule has 0 radical (unpaired) electrons. The van der Waals surface area contributed by atoms with Crippen LogP contribution in [0.3, 0.4) is 0 Å². The van der Waals surface area contributed by atoms with Gasteiger partial charge >= 0.3 is 0 Å². The maximum atomic E-state index is 12.9. The topological polar surface area (TPSA) is 158 Å². The molecule has 4 rings (SSSR count). The van der Waals surface area contributed by atoms with Crippen LogP contribution in [0.2, 0.25) is 0 Å². The molecule has 2 aromatic rings. The second-order valence-corrected chi connectivity index (χ2v) is 7.27. The number of nitrogens with zero attached hydrogens (tertiary/aromatic N) is 1. The normalized spacial score (nSPS) is 18.9. The van der Waals surface area contributed by atoms with Gasteiger partial charge in [0.15, 0.2) is 12.2 Å². The number of amides is 3. The molecule has 2 aliphatic heterocycles.